The molecule has 0 saturated heterocycles. The molecule has 0 saturated carbocycles. The summed E-state index contributed by atoms with van der Waals surface area (Å²) in [7, 11) is 0. The molecular formula is C23H24N4O. The van der Waals surface area contributed by atoms with Crippen molar-refractivity contribution in [3.8, 4) is 22.6 Å². The summed E-state index contributed by atoms with van der Waals surface area (Å²) >= 11 is 0. The highest BCUT2D eigenvalue weighted by atomic mass is 16.5. The van der Waals surface area contributed by atoms with Crippen molar-refractivity contribution >= 4 is 16.9 Å². The second kappa shape index (κ2) is 6.68. The van der Waals surface area contributed by atoms with Crippen molar-refractivity contribution in [2.75, 3.05) is 5.73 Å². The summed E-state index contributed by atoms with van der Waals surface area (Å²) in [5.41, 5.74) is 10.1. The summed E-state index contributed by atoms with van der Waals surface area (Å²) in [6.45, 7) is 8.49. The van der Waals surface area contributed by atoms with Crippen molar-refractivity contribution in [2.45, 2.75) is 33.2 Å². The highest BCUT2D eigenvalue weighted by Crippen LogP contribution is 2.37. The van der Waals surface area contributed by atoms with Crippen molar-refractivity contribution in [2.24, 2.45) is 0 Å². The molecule has 4 rings (SSSR count). The molecule has 2 N–H and O–H groups in total. The van der Waals surface area contributed by atoms with E-state index in [1.807, 2.05) is 43.3 Å². The first-order chi connectivity index (χ1) is 13.3. The van der Waals surface area contributed by atoms with Gasteiger partial charge in [-0.1, -0.05) is 24.3 Å². The molecule has 0 fully saturated rings. The van der Waals surface area contributed by atoms with E-state index >= 15 is 0 Å². The minimum absolute atomic E-state index is 0.122. The van der Waals surface area contributed by atoms with E-state index in [4.69, 9.17) is 10.5 Å². The van der Waals surface area contributed by atoms with Gasteiger partial charge in [0.1, 0.15) is 29.3 Å². The molecule has 0 aliphatic rings. The van der Waals surface area contributed by atoms with E-state index in [0.29, 0.717) is 5.82 Å². The Bertz CT molecular complexity index is 1140. The third-order valence-corrected chi connectivity index (χ3v) is 4.79. The fourth-order valence-electron chi connectivity index (χ4n) is 3.36. The Morgan fingerprint density at radius 2 is 1.75 bits per heavy atom. The van der Waals surface area contributed by atoms with Gasteiger partial charge in [-0.15, -0.1) is 0 Å². The number of fused-ring (bicyclic) bond motifs is 1. The second-order valence-electron chi connectivity index (χ2n) is 7.94. The first kappa shape index (κ1) is 18.0. The van der Waals surface area contributed by atoms with Crippen LogP contribution in [0.5, 0.6) is 11.5 Å². The molecule has 142 valence electrons. The fourth-order valence-corrected chi connectivity index (χ4v) is 3.36. The maximum absolute atomic E-state index is 6.23. The highest BCUT2D eigenvalue weighted by molar-refractivity contribution is 6.00. The summed E-state index contributed by atoms with van der Waals surface area (Å²) in [5.74, 6) is 2.14. The minimum atomic E-state index is -0.122. The number of ether oxygens (including phenoxy) is 1. The predicted octanol–water partition coefficient (Wildman–Crippen LogP) is 5.54. The monoisotopic (exact) mass is 372 g/mol. The quantitative estimate of drug-likeness (QED) is 0.513. The number of aromatic nitrogens is 3. The van der Waals surface area contributed by atoms with Gasteiger partial charge >= 0.3 is 0 Å². The highest BCUT2D eigenvalue weighted by Gasteiger charge is 2.22. The summed E-state index contributed by atoms with van der Waals surface area (Å²) in [6, 6.07) is 16.0. The van der Waals surface area contributed by atoms with Crippen molar-refractivity contribution in [1.82, 2.24) is 14.5 Å². The van der Waals surface area contributed by atoms with Gasteiger partial charge in [0.2, 0.25) is 0 Å². The average molecular weight is 372 g/mol. The molecule has 2 aromatic carbocycles. The molecule has 4 aromatic rings. The maximum Gasteiger partial charge on any atom is 0.146 e. The van der Waals surface area contributed by atoms with Crippen LogP contribution in [0.25, 0.3) is 22.2 Å². The molecule has 2 aromatic heterocycles. The van der Waals surface area contributed by atoms with E-state index in [-0.39, 0.29) is 5.54 Å². The lowest BCUT2D eigenvalue weighted by atomic mass is 10.0. The lowest BCUT2D eigenvalue weighted by Gasteiger charge is -2.21. The molecule has 0 amide bonds. The molecule has 0 atom stereocenters. The van der Waals surface area contributed by atoms with E-state index in [0.717, 1.165) is 39.2 Å². The van der Waals surface area contributed by atoms with Gasteiger partial charge in [-0.2, -0.15) is 0 Å². The summed E-state index contributed by atoms with van der Waals surface area (Å²) < 4.78 is 8.17. The number of rotatable bonds is 3. The number of aryl methyl sites for hydroxylation is 1. The predicted molar refractivity (Wildman–Crippen MR) is 114 cm³/mol. The molecule has 0 bridgehead atoms. The number of anilines is 1. The summed E-state index contributed by atoms with van der Waals surface area (Å²) in [5, 5.41) is 0.883. The standard InChI is InChI=1S/C23H24N4O/c1-15-12-16(10-11-19(15)28-17-8-6-5-7-9-17)18-13-27(23(2,3)4)22-20(18)21(24)25-14-26-22/h5-14H,1-4H3,(H2,24,25,26). The molecule has 0 unspecified atom stereocenters. The molecule has 28 heavy (non-hydrogen) atoms. The van der Waals surface area contributed by atoms with E-state index in [9.17, 15) is 0 Å². The van der Waals surface area contributed by atoms with Gasteiger partial charge in [0.15, 0.2) is 0 Å². The summed E-state index contributed by atoms with van der Waals surface area (Å²) in [4.78, 5) is 8.71. The molecule has 0 spiro atoms. The van der Waals surface area contributed by atoms with Crippen LogP contribution < -0.4 is 10.5 Å². The lowest BCUT2D eigenvalue weighted by Crippen LogP contribution is -2.21. The van der Waals surface area contributed by atoms with Crippen molar-refractivity contribution in [3.63, 3.8) is 0 Å². The second-order valence-corrected chi connectivity index (χ2v) is 7.94. The van der Waals surface area contributed by atoms with Gasteiger partial charge in [0.25, 0.3) is 0 Å². The van der Waals surface area contributed by atoms with Crippen LogP contribution in [-0.2, 0) is 5.54 Å². The Balaban J connectivity index is 1.82. The topological polar surface area (TPSA) is 66.0 Å². The Morgan fingerprint density at radius 1 is 1.00 bits per heavy atom. The largest absolute Gasteiger partial charge is 0.457 e. The third kappa shape index (κ3) is 3.20. The number of nitrogens with two attached hydrogens (primary N) is 1. The van der Waals surface area contributed by atoms with E-state index < -0.39 is 0 Å². The summed E-state index contributed by atoms with van der Waals surface area (Å²) in [6.07, 6.45) is 3.63. The average Bonchev–Trinajstić information content (AvgIpc) is 3.06. The van der Waals surface area contributed by atoms with Crippen LogP contribution in [0.1, 0.15) is 26.3 Å². The zero-order valence-corrected chi connectivity index (χ0v) is 16.6. The molecular weight excluding hydrogens is 348 g/mol. The van der Waals surface area contributed by atoms with Gasteiger partial charge < -0.3 is 15.0 Å². The smallest absolute Gasteiger partial charge is 0.146 e. The Labute approximate surface area is 164 Å². The molecule has 0 aliphatic carbocycles. The SMILES string of the molecule is Cc1cc(-c2cn(C(C)(C)C)c3ncnc(N)c23)ccc1Oc1ccccc1. The Hall–Kier alpha value is -3.34. The molecule has 5 heteroatoms. The number of nitrogen functional groups attached to an aromatic ring is 1. The van der Waals surface area contributed by atoms with Crippen LogP contribution in [0.15, 0.2) is 61.1 Å². The van der Waals surface area contributed by atoms with Gasteiger partial charge in [-0.05, 0) is 63.1 Å². The van der Waals surface area contributed by atoms with Crippen molar-refractivity contribution in [3.05, 3.63) is 66.6 Å². The third-order valence-electron chi connectivity index (χ3n) is 4.79. The Morgan fingerprint density at radius 3 is 2.43 bits per heavy atom. The normalized spacial score (nSPS) is 11.7. The van der Waals surface area contributed by atoms with Crippen LogP contribution in [0.2, 0.25) is 0 Å². The number of nitrogens with zero attached hydrogens (tertiary/aromatic N) is 3. The van der Waals surface area contributed by atoms with Crippen molar-refractivity contribution in [1.29, 1.82) is 0 Å². The molecule has 5 nitrogen and oxygen atoms in total. The van der Waals surface area contributed by atoms with Crippen LogP contribution in [0, 0.1) is 6.92 Å². The number of hydrogen-bond donors (Lipinski definition) is 1. The minimum Gasteiger partial charge on any atom is -0.457 e. The number of hydrogen-bond acceptors (Lipinski definition) is 4. The van der Waals surface area contributed by atoms with Crippen LogP contribution >= 0.6 is 0 Å². The number of benzene rings is 2. The van der Waals surface area contributed by atoms with Crippen LogP contribution in [0.4, 0.5) is 5.82 Å². The fraction of sp³-hybridized carbons (Fsp3) is 0.217. The first-order valence-corrected chi connectivity index (χ1v) is 9.30. The van der Waals surface area contributed by atoms with Crippen LogP contribution in [0.3, 0.4) is 0 Å². The van der Waals surface area contributed by atoms with E-state index in [1.165, 1.54) is 6.33 Å². The van der Waals surface area contributed by atoms with Gasteiger partial charge in [0.05, 0.1) is 5.39 Å². The van der Waals surface area contributed by atoms with E-state index in [2.05, 4.69) is 53.6 Å². The maximum atomic E-state index is 6.23. The van der Waals surface area contributed by atoms with Gasteiger partial charge in [-0.3, -0.25) is 0 Å². The van der Waals surface area contributed by atoms with Crippen LogP contribution in [-0.4, -0.2) is 14.5 Å². The molecule has 2 heterocycles. The molecule has 0 radical (unpaired) electrons. The zero-order valence-electron chi connectivity index (χ0n) is 16.6. The molecule has 0 aliphatic heterocycles. The lowest BCUT2D eigenvalue weighted by molar-refractivity contribution is 0.408. The number of para-hydroxylation sites is 1. The van der Waals surface area contributed by atoms with Crippen molar-refractivity contribution < 1.29 is 4.74 Å². The zero-order chi connectivity index (χ0) is 19.9. The first-order valence-electron chi connectivity index (χ1n) is 9.30. The van der Waals surface area contributed by atoms with Gasteiger partial charge in [-0.25, -0.2) is 9.97 Å². The van der Waals surface area contributed by atoms with E-state index in [1.54, 1.807) is 0 Å². The van der Waals surface area contributed by atoms with Gasteiger partial charge in [0, 0.05) is 17.3 Å². The Kier molecular flexibility index (Phi) is 4.30.